The van der Waals surface area contributed by atoms with Crippen LogP contribution < -0.4 is 10.1 Å². The second-order valence-electron chi connectivity index (χ2n) is 5.31. The Balaban J connectivity index is 2.19. The number of fused-ring (bicyclic) bond motifs is 2. The molecule has 114 valence electrons. The average Bonchev–Trinajstić information content (AvgIpc) is 2.48. The lowest BCUT2D eigenvalue weighted by molar-refractivity contribution is -0.142. The second kappa shape index (κ2) is 5.99. The summed E-state index contributed by atoms with van der Waals surface area (Å²) in [6, 6.07) is 12.4. The third-order valence-corrected chi connectivity index (χ3v) is 4.20. The molecule has 22 heavy (non-hydrogen) atoms. The number of benzene rings is 2. The standard InChI is InChI=1S/C17H16ClNO3/c1-19-16-12-9-11(18)6-7-15(12)22-14-5-3-2-4-10(14)8-13(16)17(20)21/h2-7,9,13,16,19H,8H2,1H3,(H,20,21). The maximum atomic E-state index is 11.8. The van der Waals surface area contributed by atoms with Gasteiger partial charge in [0.25, 0.3) is 0 Å². The van der Waals surface area contributed by atoms with Crippen molar-refractivity contribution in [1.82, 2.24) is 5.32 Å². The number of hydrogen-bond donors (Lipinski definition) is 2. The number of hydrogen-bond acceptors (Lipinski definition) is 3. The Morgan fingerprint density at radius 3 is 2.77 bits per heavy atom. The summed E-state index contributed by atoms with van der Waals surface area (Å²) in [6.07, 6.45) is 0.392. The first-order valence-corrected chi connectivity index (χ1v) is 7.43. The molecule has 4 nitrogen and oxygen atoms in total. The van der Waals surface area contributed by atoms with E-state index in [4.69, 9.17) is 16.3 Å². The van der Waals surface area contributed by atoms with Crippen LogP contribution in [-0.2, 0) is 11.2 Å². The minimum absolute atomic E-state index is 0.375. The van der Waals surface area contributed by atoms with Crippen LogP contribution in [0.25, 0.3) is 0 Å². The summed E-state index contributed by atoms with van der Waals surface area (Å²) in [6.45, 7) is 0. The maximum absolute atomic E-state index is 11.8. The van der Waals surface area contributed by atoms with Crippen molar-refractivity contribution in [3.05, 3.63) is 58.6 Å². The van der Waals surface area contributed by atoms with Crippen molar-refractivity contribution in [3.63, 3.8) is 0 Å². The molecular formula is C17H16ClNO3. The molecule has 3 rings (SSSR count). The zero-order valence-corrected chi connectivity index (χ0v) is 12.8. The van der Waals surface area contributed by atoms with E-state index in [-0.39, 0.29) is 6.04 Å². The predicted molar refractivity (Wildman–Crippen MR) is 84.6 cm³/mol. The van der Waals surface area contributed by atoms with Crippen molar-refractivity contribution in [2.75, 3.05) is 7.05 Å². The van der Waals surface area contributed by atoms with Gasteiger partial charge in [0.1, 0.15) is 11.5 Å². The fourth-order valence-electron chi connectivity index (χ4n) is 2.90. The number of aliphatic carboxylic acids is 1. The molecule has 0 fully saturated rings. The number of nitrogens with one attached hydrogen (secondary N) is 1. The van der Waals surface area contributed by atoms with Crippen molar-refractivity contribution in [2.45, 2.75) is 12.5 Å². The SMILES string of the molecule is CNC1c2cc(Cl)ccc2Oc2ccccc2CC1C(=O)O. The van der Waals surface area contributed by atoms with Gasteiger partial charge in [-0.2, -0.15) is 0 Å². The molecule has 0 saturated carbocycles. The van der Waals surface area contributed by atoms with E-state index < -0.39 is 11.9 Å². The molecule has 0 aromatic heterocycles. The van der Waals surface area contributed by atoms with Gasteiger partial charge in [0.15, 0.2) is 0 Å². The topological polar surface area (TPSA) is 58.6 Å². The molecule has 0 radical (unpaired) electrons. The highest BCUT2D eigenvalue weighted by Crippen LogP contribution is 2.40. The van der Waals surface area contributed by atoms with Crippen LogP contribution in [0.4, 0.5) is 0 Å². The van der Waals surface area contributed by atoms with Gasteiger partial charge in [-0.25, -0.2) is 0 Å². The van der Waals surface area contributed by atoms with Gasteiger partial charge in [-0.15, -0.1) is 0 Å². The van der Waals surface area contributed by atoms with Gasteiger partial charge in [0, 0.05) is 16.6 Å². The van der Waals surface area contributed by atoms with Gasteiger partial charge in [-0.05, 0) is 43.3 Å². The first-order chi connectivity index (χ1) is 10.6. The van der Waals surface area contributed by atoms with Gasteiger partial charge in [-0.1, -0.05) is 29.8 Å². The van der Waals surface area contributed by atoms with E-state index in [1.54, 1.807) is 25.2 Å². The summed E-state index contributed by atoms with van der Waals surface area (Å²) in [5.41, 5.74) is 1.65. The van der Waals surface area contributed by atoms with Crippen molar-refractivity contribution >= 4 is 17.6 Å². The van der Waals surface area contributed by atoms with Crippen LogP contribution in [0.1, 0.15) is 17.2 Å². The number of ether oxygens (including phenoxy) is 1. The molecule has 2 unspecified atom stereocenters. The molecule has 2 aromatic rings. The summed E-state index contributed by atoms with van der Waals surface area (Å²) in [5, 5.41) is 13.3. The number of rotatable bonds is 2. The van der Waals surface area contributed by atoms with E-state index in [1.165, 1.54) is 0 Å². The van der Waals surface area contributed by atoms with Gasteiger partial charge < -0.3 is 15.2 Å². The van der Waals surface area contributed by atoms with Crippen molar-refractivity contribution in [2.24, 2.45) is 5.92 Å². The Labute approximate surface area is 133 Å². The van der Waals surface area contributed by atoms with Crippen LogP contribution in [0.3, 0.4) is 0 Å². The van der Waals surface area contributed by atoms with Crippen molar-refractivity contribution in [3.8, 4) is 11.5 Å². The average molecular weight is 318 g/mol. The first kappa shape index (κ1) is 14.9. The number of para-hydroxylation sites is 1. The second-order valence-corrected chi connectivity index (χ2v) is 5.74. The van der Waals surface area contributed by atoms with E-state index in [0.29, 0.717) is 22.9 Å². The molecule has 0 spiro atoms. The lowest BCUT2D eigenvalue weighted by Crippen LogP contribution is -2.33. The zero-order valence-electron chi connectivity index (χ0n) is 12.0. The minimum Gasteiger partial charge on any atom is -0.481 e. The normalized spacial score (nSPS) is 20.1. The van der Waals surface area contributed by atoms with Crippen LogP contribution >= 0.6 is 11.6 Å². The van der Waals surface area contributed by atoms with E-state index in [2.05, 4.69) is 5.32 Å². The Hall–Kier alpha value is -2.04. The summed E-state index contributed by atoms with van der Waals surface area (Å²) < 4.78 is 6.01. The molecule has 0 amide bonds. The molecular weight excluding hydrogens is 302 g/mol. The number of carboxylic acids is 1. The predicted octanol–water partition coefficient (Wildman–Crippen LogP) is 3.65. The molecule has 1 aliphatic rings. The van der Waals surface area contributed by atoms with E-state index in [9.17, 15) is 9.90 Å². The zero-order chi connectivity index (χ0) is 15.7. The Morgan fingerprint density at radius 1 is 1.27 bits per heavy atom. The molecule has 5 heteroatoms. The van der Waals surface area contributed by atoms with E-state index in [1.807, 2.05) is 24.3 Å². The first-order valence-electron chi connectivity index (χ1n) is 7.05. The molecule has 0 saturated heterocycles. The van der Waals surface area contributed by atoms with Gasteiger partial charge in [0.2, 0.25) is 0 Å². The highest BCUT2D eigenvalue weighted by molar-refractivity contribution is 6.30. The third-order valence-electron chi connectivity index (χ3n) is 3.97. The van der Waals surface area contributed by atoms with Gasteiger partial charge >= 0.3 is 5.97 Å². The summed E-state index contributed by atoms with van der Waals surface area (Å²) in [4.78, 5) is 11.8. The third kappa shape index (κ3) is 2.67. The lowest BCUT2D eigenvalue weighted by Gasteiger charge is -2.29. The van der Waals surface area contributed by atoms with Crippen LogP contribution in [0.15, 0.2) is 42.5 Å². The molecule has 2 atom stereocenters. The molecule has 1 aliphatic heterocycles. The minimum atomic E-state index is -0.845. The van der Waals surface area contributed by atoms with Gasteiger partial charge in [0.05, 0.1) is 5.92 Å². The fraction of sp³-hybridized carbons (Fsp3) is 0.235. The molecule has 0 aliphatic carbocycles. The summed E-state index contributed by atoms with van der Waals surface area (Å²) >= 11 is 6.09. The van der Waals surface area contributed by atoms with Gasteiger partial charge in [-0.3, -0.25) is 4.79 Å². The molecule has 1 heterocycles. The van der Waals surface area contributed by atoms with Crippen LogP contribution in [0.5, 0.6) is 11.5 Å². The van der Waals surface area contributed by atoms with Crippen molar-refractivity contribution in [1.29, 1.82) is 0 Å². The van der Waals surface area contributed by atoms with E-state index in [0.717, 1.165) is 11.1 Å². The summed E-state index contributed by atoms with van der Waals surface area (Å²) in [7, 11) is 1.75. The lowest BCUT2D eigenvalue weighted by atomic mass is 9.86. The smallest absolute Gasteiger partial charge is 0.308 e. The summed E-state index contributed by atoms with van der Waals surface area (Å²) in [5.74, 6) is -0.136. The Kier molecular flexibility index (Phi) is 4.05. The largest absolute Gasteiger partial charge is 0.481 e. The highest BCUT2D eigenvalue weighted by atomic mass is 35.5. The molecule has 0 bridgehead atoms. The maximum Gasteiger partial charge on any atom is 0.308 e. The molecule has 2 aromatic carbocycles. The van der Waals surface area contributed by atoms with Crippen molar-refractivity contribution < 1.29 is 14.6 Å². The van der Waals surface area contributed by atoms with Crippen LogP contribution in [0.2, 0.25) is 5.02 Å². The highest BCUT2D eigenvalue weighted by Gasteiger charge is 2.33. The molecule has 2 N–H and O–H groups in total. The Bertz CT molecular complexity index is 717. The number of halogens is 1. The van der Waals surface area contributed by atoms with E-state index >= 15 is 0 Å². The van der Waals surface area contributed by atoms with Crippen LogP contribution in [-0.4, -0.2) is 18.1 Å². The monoisotopic (exact) mass is 317 g/mol. The number of carboxylic acid groups (broad SMARTS) is 1. The Morgan fingerprint density at radius 2 is 2.05 bits per heavy atom. The fourth-order valence-corrected chi connectivity index (χ4v) is 3.08. The quantitative estimate of drug-likeness (QED) is 0.887. The van der Waals surface area contributed by atoms with Crippen LogP contribution in [0, 0.1) is 5.92 Å². The number of carbonyl (C=O) groups is 1.